The summed E-state index contributed by atoms with van der Waals surface area (Å²) in [6.07, 6.45) is -0.0890. The molecule has 0 N–H and O–H groups in total. The average Bonchev–Trinajstić information content (AvgIpc) is 2.39. The average molecular weight is 331 g/mol. The Morgan fingerprint density at radius 3 is 1.27 bits per heavy atom. The van der Waals surface area contributed by atoms with E-state index in [-0.39, 0.29) is 35.8 Å². The molecule has 0 spiro atoms. The van der Waals surface area contributed by atoms with Crippen LogP contribution in [0.1, 0.15) is 29.7 Å². The molecule has 0 saturated heterocycles. The van der Waals surface area contributed by atoms with Crippen LogP contribution in [0.5, 0.6) is 0 Å². The van der Waals surface area contributed by atoms with Gasteiger partial charge in [-0.1, -0.05) is 29.7 Å². The summed E-state index contributed by atoms with van der Waals surface area (Å²) < 4.78 is 31.2. The molecule has 6 nitrogen and oxygen atoms in total. The standard InChI is InChI=1S/C12H26O6.4CH4/c1-13-4-7-16-10-12(18-9-6-15-3)11-17-8-5-14-2;;;;/h12H,4-11H2,1-3H3;4*1H4. The predicted octanol–water partition coefficient (Wildman–Crippen LogP) is 2.89. The van der Waals surface area contributed by atoms with Crippen molar-refractivity contribution in [3.63, 3.8) is 0 Å². The Morgan fingerprint density at radius 2 is 0.909 bits per heavy atom. The molecule has 0 aliphatic carbocycles. The van der Waals surface area contributed by atoms with Gasteiger partial charge >= 0.3 is 0 Å². The molecule has 0 atom stereocenters. The molecule has 0 amide bonds. The van der Waals surface area contributed by atoms with Gasteiger partial charge in [-0.25, -0.2) is 0 Å². The lowest BCUT2D eigenvalue weighted by Gasteiger charge is -2.18. The third-order valence-corrected chi connectivity index (χ3v) is 2.11. The van der Waals surface area contributed by atoms with Gasteiger partial charge in [-0.2, -0.15) is 0 Å². The highest BCUT2D eigenvalue weighted by Crippen LogP contribution is 1.96. The highest BCUT2D eigenvalue weighted by molar-refractivity contribution is 4.55. The summed E-state index contributed by atoms with van der Waals surface area (Å²) in [7, 11) is 4.93. The predicted molar refractivity (Wildman–Crippen MR) is 93.9 cm³/mol. The summed E-state index contributed by atoms with van der Waals surface area (Å²) in [6.45, 7) is 4.33. The molecule has 0 aliphatic heterocycles. The lowest BCUT2D eigenvalue weighted by atomic mass is 10.4. The number of hydrogen-bond acceptors (Lipinski definition) is 6. The minimum Gasteiger partial charge on any atom is -0.382 e. The van der Waals surface area contributed by atoms with E-state index in [1.54, 1.807) is 21.3 Å². The molecule has 0 heterocycles. The maximum atomic E-state index is 5.59. The quantitative estimate of drug-likeness (QED) is 0.457. The first-order valence-corrected chi connectivity index (χ1v) is 6.09. The molecule has 0 aromatic rings. The largest absolute Gasteiger partial charge is 0.382 e. The molecule has 0 rings (SSSR count). The van der Waals surface area contributed by atoms with Crippen molar-refractivity contribution in [2.45, 2.75) is 35.8 Å². The lowest BCUT2D eigenvalue weighted by molar-refractivity contribution is -0.0782. The molecular weight excluding hydrogens is 288 g/mol. The van der Waals surface area contributed by atoms with Crippen LogP contribution >= 0.6 is 0 Å². The van der Waals surface area contributed by atoms with Crippen LogP contribution in [0, 0.1) is 0 Å². The summed E-state index contributed by atoms with van der Waals surface area (Å²) in [5.74, 6) is 0. The van der Waals surface area contributed by atoms with Gasteiger partial charge in [0, 0.05) is 21.3 Å². The van der Waals surface area contributed by atoms with E-state index in [2.05, 4.69) is 0 Å². The van der Waals surface area contributed by atoms with Gasteiger partial charge < -0.3 is 28.4 Å². The number of hydrogen-bond donors (Lipinski definition) is 0. The first-order valence-electron chi connectivity index (χ1n) is 6.09. The number of methoxy groups -OCH3 is 3. The van der Waals surface area contributed by atoms with Crippen LogP contribution in [0.2, 0.25) is 0 Å². The Kier molecular flexibility index (Phi) is 43.8. The topological polar surface area (TPSA) is 55.4 Å². The molecule has 0 aromatic heterocycles. The number of rotatable bonds is 14. The van der Waals surface area contributed by atoms with Gasteiger partial charge in [-0.3, -0.25) is 0 Å². The fraction of sp³-hybridized carbons (Fsp3) is 1.00. The molecule has 142 valence electrons. The second kappa shape index (κ2) is 28.9. The molecule has 0 radical (unpaired) electrons. The molecule has 0 saturated carbocycles. The molecular formula is C16H42O6. The van der Waals surface area contributed by atoms with Gasteiger partial charge in [0.25, 0.3) is 0 Å². The van der Waals surface area contributed by atoms with Gasteiger partial charge in [0.1, 0.15) is 6.10 Å². The zero-order valence-electron chi connectivity index (χ0n) is 11.7. The zero-order chi connectivity index (χ0) is 13.5. The Morgan fingerprint density at radius 1 is 0.545 bits per heavy atom. The van der Waals surface area contributed by atoms with Gasteiger partial charge in [-0.05, 0) is 0 Å². The van der Waals surface area contributed by atoms with Crippen molar-refractivity contribution in [3.05, 3.63) is 0 Å². The summed E-state index contributed by atoms with van der Waals surface area (Å²) >= 11 is 0. The molecule has 6 heteroatoms. The molecule has 0 bridgehead atoms. The lowest BCUT2D eigenvalue weighted by Crippen LogP contribution is -2.28. The summed E-state index contributed by atoms with van der Waals surface area (Å²) in [4.78, 5) is 0. The molecule has 0 fully saturated rings. The second-order valence-electron chi connectivity index (χ2n) is 3.62. The first kappa shape index (κ1) is 33.4. The van der Waals surface area contributed by atoms with Crippen molar-refractivity contribution < 1.29 is 28.4 Å². The Hall–Kier alpha value is -0.240. The van der Waals surface area contributed by atoms with Crippen LogP contribution in [0.4, 0.5) is 0 Å². The van der Waals surface area contributed by atoms with E-state index in [4.69, 9.17) is 28.4 Å². The van der Waals surface area contributed by atoms with Crippen LogP contribution in [-0.4, -0.2) is 80.3 Å². The van der Waals surface area contributed by atoms with Crippen LogP contribution < -0.4 is 0 Å². The Labute approximate surface area is 139 Å². The fourth-order valence-electron chi connectivity index (χ4n) is 1.16. The minimum atomic E-state index is -0.0890. The third-order valence-electron chi connectivity index (χ3n) is 2.11. The normalized spacial score (nSPS) is 9.27. The summed E-state index contributed by atoms with van der Waals surface area (Å²) in [5.41, 5.74) is 0. The van der Waals surface area contributed by atoms with Crippen molar-refractivity contribution in [2.75, 3.05) is 74.2 Å². The SMILES string of the molecule is C.C.C.C.COCCOCC(COCCOC)OCCOC. The monoisotopic (exact) mass is 330 g/mol. The van der Waals surface area contributed by atoms with E-state index in [9.17, 15) is 0 Å². The van der Waals surface area contributed by atoms with E-state index in [1.807, 2.05) is 0 Å². The molecule has 22 heavy (non-hydrogen) atoms. The molecule has 0 unspecified atom stereocenters. The van der Waals surface area contributed by atoms with Crippen LogP contribution in [0.3, 0.4) is 0 Å². The van der Waals surface area contributed by atoms with Crippen molar-refractivity contribution in [2.24, 2.45) is 0 Å². The maximum Gasteiger partial charge on any atom is 0.104 e. The van der Waals surface area contributed by atoms with Gasteiger partial charge in [0.05, 0.1) is 52.9 Å². The Balaban J connectivity index is -0.000000241. The van der Waals surface area contributed by atoms with Gasteiger partial charge in [0.2, 0.25) is 0 Å². The van der Waals surface area contributed by atoms with E-state index < -0.39 is 0 Å². The van der Waals surface area contributed by atoms with E-state index in [0.29, 0.717) is 52.9 Å². The second-order valence-corrected chi connectivity index (χ2v) is 3.62. The molecule has 0 aliphatic rings. The van der Waals surface area contributed by atoms with Gasteiger partial charge in [-0.15, -0.1) is 0 Å². The van der Waals surface area contributed by atoms with E-state index in [0.717, 1.165) is 0 Å². The Bertz CT molecular complexity index is 146. The maximum absolute atomic E-state index is 5.59. The smallest absolute Gasteiger partial charge is 0.104 e. The highest BCUT2D eigenvalue weighted by Gasteiger charge is 2.09. The van der Waals surface area contributed by atoms with Crippen molar-refractivity contribution in [1.82, 2.24) is 0 Å². The minimum absolute atomic E-state index is 0. The van der Waals surface area contributed by atoms with Crippen molar-refractivity contribution in [1.29, 1.82) is 0 Å². The van der Waals surface area contributed by atoms with E-state index in [1.165, 1.54) is 0 Å². The summed E-state index contributed by atoms with van der Waals surface area (Å²) in [6, 6.07) is 0. The number of ether oxygens (including phenoxy) is 6. The summed E-state index contributed by atoms with van der Waals surface area (Å²) in [5, 5.41) is 0. The van der Waals surface area contributed by atoms with Crippen molar-refractivity contribution in [3.8, 4) is 0 Å². The zero-order valence-corrected chi connectivity index (χ0v) is 11.7. The highest BCUT2D eigenvalue weighted by atomic mass is 16.6. The third kappa shape index (κ3) is 24.8. The van der Waals surface area contributed by atoms with E-state index >= 15 is 0 Å². The van der Waals surface area contributed by atoms with Crippen LogP contribution in [0.25, 0.3) is 0 Å². The van der Waals surface area contributed by atoms with Crippen molar-refractivity contribution >= 4 is 0 Å². The van der Waals surface area contributed by atoms with Crippen LogP contribution in [-0.2, 0) is 28.4 Å². The molecule has 0 aromatic carbocycles. The fourth-order valence-corrected chi connectivity index (χ4v) is 1.16. The van der Waals surface area contributed by atoms with Crippen LogP contribution in [0.15, 0.2) is 0 Å². The first-order chi connectivity index (χ1) is 8.85. The van der Waals surface area contributed by atoms with Gasteiger partial charge in [0.15, 0.2) is 0 Å².